The van der Waals surface area contributed by atoms with Crippen LogP contribution in [0.2, 0.25) is 0 Å². The lowest BCUT2D eigenvalue weighted by atomic mass is 10.1. The van der Waals surface area contributed by atoms with Gasteiger partial charge in [0, 0.05) is 0 Å². The van der Waals surface area contributed by atoms with Gasteiger partial charge in [0.1, 0.15) is 12.4 Å². The van der Waals surface area contributed by atoms with E-state index in [1.165, 1.54) is 17.5 Å². The number of aromatic carboxylic acids is 1. The van der Waals surface area contributed by atoms with Crippen molar-refractivity contribution in [2.45, 2.75) is 6.61 Å². The molecule has 0 aromatic heterocycles. The van der Waals surface area contributed by atoms with Gasteiger partial charge in [0.25, 0.3) is 0 Å². The maximum atomic E-state index is 10.7. The zero-order valence-electron chi connectivity index (χ0n) is 11.3. The number of carboxylic acids is 1. The van der Waals surface area contributed by atoms with E-state index in [0.717, 1.165) is 16.7 Å². The molecule has 0 saturated carbocycles. The average molecular weight is 277 g/mol. The van der Waals surface area contributed by atoms with Crippen LogP contribution in [0.15, 0.2) is 66.7 Å². The highest BCUT2D eigenvalue weighted by Crippen LogP contribution is 2.21. The second-order valence-corrected chi connectivity index (χ2v) is 4.78. The SMILES string of the molecule is O=C([O-])c1ccc(COc2ccc3ccccc3c2)cc1. The number of carbonyl (C=O) groups is 1. The first-order chi connectivity index (χ1) is 10.2. The molecule has 0 fully saturated rings. The molecule has 3 nitrogen and oxygen atoms in total. The third kappa shape index (κ3) is 3.03. The summed E-state index contributed by atoms with van der Waals surface area (Å²) in [5.41, 5.74) is 1.08. The standard InChI is InChI=1S/C18H14O3/c19-18(20)15-7-5-13(6-8-15)12-21-17-10-9-14-3-1-2-4-16(14)11-17/h1-11H,12H2,(H,19,20)/p-1. The Balaban J connectivity index is 1.72. The highest BCUT2D eigenvalue weighted by atomic mass is 16.5. The molecule has 0 amide bonds. The fourth-order valence-electron chi connectivity index (χ4n) is 2.16. The molecule has 3 heteroatoms. The Hall–Kier alpha value is -2.81. The number of rotatable bonds is 4. The van der Waals surface area contributed by atoms with Crippen LogP contribution < -0.4 is 9.84 Å². The summed E-state index contributed by atoms with van der Waals surface area (Å²) in [5, 5.41) is 13.0. The van der Waals surface area contributed by atoms with Crippen LogP contribution in [0.5, 0.6) is 5.75 Å². The van der Waals surface area contributed by atoms with Crippen molar-refractivity contribution < 1.29 is 14.6 Å². The molecule has 0 radical (unpaired) electrons. The number of hydrogen-bond donors (Lipinski definition) is 0. The van der Waals surface area contributed by atoms with E-state index in [-0.39, 0.29) is 5.56 Å². The first-order valence-electron chi connectivity index (χ1n) is 6.64. The lowest BCUT2D eigenvalue weighted by Crippen LogP contribution is -2.22. The quantitative estimate of drug-likeness (QED) is 0.736. The fourth-order valence-corrected chi connectivity index (χ4v) is 2.16. The molecule has 3 aromatic carbocycles. The minimum Gasteiger partial charge on any atom is -0.545 e. The van der Waals surface area contributed by atoms with Crippen LogP contribution in [0.1, 0.15) is 15.9 Å². The first kappa shape index (κ1) is 13.2. The number of fused-ring (bicyclic) bond motifs is 1. The van der Waals surface area contributed by atoms with Gasteiger partial charge in [-0.3, -0.25) is 0 Å². The van der Waals surface area contributed by atoms with E-state index in [9.17, 15) is 9.90 Å². The van der Waals surface area contributed by atoms with E-state index >= 15 is 0 Å². The first-order valence-corrected chi connectivity index (χ1v) is 6.64. The second-order valence-electron chi connectivity index (χ2n) is 4.78. The van der Waals surface area contributed by atoms with E-state index in [4.69, 9.17) is 4.74 Å². The van der Waals surface area contributed by atoms with E-state index in [1.54, 1.807) is 12.1 Å². The third-order valence-electron chi connectivity index (χ3n) is 3.32. The molecule has 0 unspecified atom stereocenters. The Labute approximate surface area is 122 Å². The van der Waals surface area contributed by atoms with Gasteiger partial charge in [-0.05, 0) is 34.0 Å². The normalized spacial score (nSPS) is 10.5. The Morgan fingerprint density at radius 2 is 1.62 bits per heavy atom. The minimum absolute atomic E-state index is 0.171. The monoisotopic (exact) mass is 277 g/mol. The molecule has 0 aliphatic carbocycles. The summed E-state index contributed by atoms with van der Waals surface area (Å²) in [4.78, 5) is 10.7. The minimum atomic E-state index is -1.17. The number of carboxylic acid groups (broad SMARTS) is 1. The molecular formula is C18H13O3-. The van der Waals surface area contributed by atoms with Crippen molar-refractivity contribution in [2.24, 2.45) is 0 Å². The summed E-state index contributed by atoms with van der Waals surface area (Å²) in [6, 6.07) is 20.5. The van der Waals surface area contributed by atoms with Gasteiger partial charge in [0.05, 0.1) is 5.97 Å². The van der Waals surface area contributed by atoms with Crippen molar-refractivity contribution in [3.8, 4) is 5.75 Å². The summed E-state index contributed by atoms with van der Waals surface area (Å²) in [7, 11) is 0. The maximum Gasteiger partial charge on any atom is 0.120 e. The van der Waals surface area contributed by atoms with Gasteiger partial charge in [-0.15, -0.1) is 0 Å². The van der Waals surface area contributed by atoms with Crippen molar-refractivity contribution in [2.75, 3.05) is 0 Å². The molecule has 0 atom stereocenters. The van der Waals surface area contributed by atoms with Crippen molar-refractivity contribution in [1.29, 1.82) is 0 Å². The van der Waals surface area contributed by atoms with Crippen LogP contribution >= 0.6 is 0 Å². The van der Waals surface area contributed by atoms with Gasteiger partial charge in [-0.2, -0.15) is 0 Å². The van der Waals surface area contributed by atoms with Gasteiger partial charge in [0.2, 0.25) is 0 Å². The molecule has 0 N–H and O–H groups in total. The van der Waals surface area contributed by atoms with Crippen LogP contribution in [0.25, 0.3) is 10.8 Å². The lowest BCUT2D eigenvalue weighted by molar-refractivity contribution is -0.255. The maximum absolute atomic E-state index is 10.7. The van der Waals surface area contributed by atoms with Gasteiger partial charge in [-0.1, -0.05) is 54.6 Å². The second kappa shape index (κ2) is 5.67. The number of benzene rings is 3. The Morgan fingerprint density at radius 1 is 0.905 bits per heavy atom. The average Bonchev–Trinajstić information content (AvgIpc) is 2.53. The lowest BCUT2D eigenvalue weighted by Gasteiger charge is -2.08. The Morgan fingerprint density at radius 3 is 2.33 bits per heavy atom. The summed E-state index contributed by atoms with van der Waals surface area (Å²) in [5.74, 6) is -0.380. The summed E-state index contributed by atoms with van der Waals surface area (Å²) in [6.07, 6.45) is 0. The number of carbonyl (C=O) groups excluding carboxylic acids is 1. The highest BCUT2D eigenvalue weighted by Gasteiger charge is 1.99. The molecule has 0 heterocycles. The third-order valence-corrected chi connectivity index (χ3v) is 3.32. The number of ether oxygens (including phenoxy) is 1. The van der Waals surface area contributed by atoms with E-state index in [1.807, 2.05) is 36.4 Å². The van der Waals surface area contributed by atoms with Gasteiger partial charge < -0.3 is 14.6 Å². The van der Waals surface area contributed by atoms with E-state index in [0.29, 0.717) is 6.61 Å². The zero-order chi connectivity index (χ0) is 14.7. The van der Waals surface area contributed by atoms with E-state index < -0.39 is 5.97 Å². The fraction of sp³-hybridized carbons (Fsp3) is 0.0556. The van der Waals surface area contributed by atoms with Crippen LogP contribution in [-0.4, -0.2) is 5.97 Å². The van der Waals surface area contributed by atoms with Crippen LogP contribution in [-0.2, 0) is 6.61 Å². The Bertz CT molecular complexity index is 776. The largest absolute Gasteiger partial charge is 0.545 e. The molecule has 0 bridgehead atoms. The van der Waals surface area contributed by atoms with E-state index in [2.05, 4.69) is 6.07 Å². The molecule has 0 aliphatic heterocycles. The molecule has 0 saturated heterocycles. The van der Waals surface area contributed by atoms with Crippen molar-refractivity contribution in [1.82, 2.24) is 0 Å². The topological polar surface area (TPSA) is 49.4 Å². The number of hydrogen-bond acceptors (Lipinski definition) is 3. The molecule has 0 spiro atoms. The molecule has 104 valence electrons. The van der Waals surface area contributed by atoms with Crippen LogP contribution in [0, 0.1) is 0 Å². The zero-order valence-corrected chi connectivity index (χ0v) is 11.3. The predicted octanol–water partition coefficient (Wildman–Crippen LogP) is 2.78. The smallest absolute Gasteiger partial charge is 0.120 e. The summed E-state index contributed by atoms with van der Waals surface area (Å²) < 4.78 is 5.74. The van der Waals surface area contributed by atoms with Crippen molar-refractivity contribution in [3.63, 3.8) is 0 Å². The summed E-state index contributed by atoms with van der Waals surface area (Å²) in [6.45, 7) is 0.395. The van der Waals surface area contributed by atoms with Gasteiger partial charge in [-0.25, -0.2) is 0 Å². The van der Waals surface area contributed by atoms with Crippen LogP contribution in [0.4, 0.5) is 0 Å². The van der Waals surface area contributed by atoms with Crippen molar-refractivity contribution >= 4 is 16.7 Å². The molecule has 3 rings (SSSR count). The van der Waals surface area contributed by atoms with Crippen molar-refractivity contribution in [3.05, 3.63) is 77.9 Å². The highest BCUT2D eigenvalue weighted by molar-refractivity contribution is 5.85. The van der Waals surface area contributed by atoms with Crippen LogP contribution in [0.3, 0.4) is 0 Å². The Kier molecular flexibility index (Phi) is 3.56. The molecule has 0 aliphatic rings. The molecular weight excluding hydrogens is 264 g/mol. The summed E-state index contributed by atoms with van der Waals surface area (Å²) >= 11 is 0. The van der Waals surface area contributed by atoms with Gasteiger partial charge >= 0.3 is 0 Å². The predicted molar refractivity (Wildman–Crippen MR) is 79.1 cm³/mol. The van der Waals surface area contributed by atoms with Gasteiger partial charge in [0.15, 0.2) is 0 Å². The molecule has 21 heavy (non-hydrogen) atoms. The molecule has 3 aromatic rings.